The molecule has 0 unspecified atom stereocenters. The molecule has 0 aliphatic carbocycles. The van der Waals surface area contributed by atoms with Crippen molar-refractivity contribution in [3.05, 3.63) is 42.6 Å². The summed E-state index contributed by atoms with van der Waals surface area (Å²) < 4.78 is 4.91. The van der Waals surface area contributed by atoms with Crippen LogP contribution in [0, 0.1) is 0 Å². The fourth-order valence-corrected chi connectivity index (χ4v) is 1.73. The molecular weight excluding hydrogens is 327 g/mol. The van der Waals surface area contributed by atoms with Crippen molar-refractivity contribution in [3.8, 4) is 0 Å². The van der Waals surface area contributed by atoms with E-state index in [-0.39, 0.29) is 24.8 Å². The van der Waals surface area contributed by atoms with Crippen molar-refractivity contribution in [3.63, 3.8) is 0 Å². The third kappa shape index (κ3) is 5.77. The zero-order valence-corrected chi connectivity index (χ0v) is 13.5. The highest BCUT2D eigenvalue weighted by Gasteiger charge is 2.19. The lowest BCUT2D eigenvalue weighted by molar-refractivity contribution is -0.490. The number of nitrogens with two attached hydrogens (primary N) is 2. The molecule has 1 aromatic carbocycles. The molecule has 0 saturated carbocycles. The van der Waals surface area contributed by atoms with Crippen molar-refractivity contribution in [1.82, 2.24) is 0 Å². The number of quaternary nitrogens is 1. The Labute approximate surface area is 141 Å². The second-order valence-electron chi connectivity index (χ2n) is 4.15. The van der Waals surface area contributed by atoms with Gasteiger partial charge in [0.25, 0.3) is 0 Å². The number of hydrogen-bond acceptors (Lipinski definition) is 4. The molecule has 0 spiro atoms. The first kappa shape index (κ1) is 20.0. The van der Waals surface area contributed by atoms with E-state index in [0.29, 0.717) is 23.8 Å². The molecule has 6 nitrogen and oxygen atoms in total. The van der Waals surface area contributed by atoms with Gasteiger partial charge in [-0.3, -0.25) is 0 Å². The third-order valence-electron chi connectivity index (χ3n) is 2.60. The van der Waals surface area contributed by atoms with Gasteiger partial charge in [-0.15, -0.1) is 0 Å². The zero-order chi connectivity index (χ0) is 14.4. The maximum atomic E-state index is 11.6. The minimum atomic E-state index is -0.400. The number of pyridine rings is 1. The van der Waals surface area contributed by atoms with Crippen molar-refractivity contribution < 1.29 is 44.6 Å². The highest BCUT2D eigenvalue weighted by Crippen LogP contribution is 2.18. The summed E-state index contributed by atoms with van der Waals surface area (Å²) in [4.78, 5) is 14.6. The van der Waals surface area contributed by atoms with E-state index in [4.69, 9.17) is 10.5 Å². The normalized spacial score (nSPS) is 9.14. The standard InChI is InChI=1S/C14H16N4O2.2ClH/c1-2-20-14(19)18-12-8-10(15)9-16-13(12)17-11-6-4-3-5-7-11;;/h3-9H,2,15H2,1H3,(H,16,17)(H,18,19);2*1H. The quantitative estimate of drug-likeness (QED) is 0.518. The molecule has 0 radical (unpaired) electrons. The topological polar surface area (TPSA) is 95.1 Å². The molecule has 1 heterocycles. The van der Waals surface area contributed by atoms with Crippen LogP contribution in [0.25, 0.3) is 0 Å². The molecule has 8 heteroatoms. The number of H-pyrrole nitrogens is 1. The number of aromatic amines is 1. The second-order valence-corrected chi connectivity index (χ2v) is 4.15. The lowest BCUT2D eigenvalue weighted by Gasteiger charge is -2.03. The van der Waals surface area contributed by atoms with Crippen LogP contribution in [0.1, 0.15) is 6.92 Å². The Morgan fingerprint density at radius 2 is 2.00 bits per heavy atom. The van der Waals surface area contributed by atoms with Crippen molar-refractivity contribution in [2.24, 2.45) is 0 Å². The summed E-state index contributed by atoms with van der Waals surface area (Å²) in [6, 6.07) is 11.3. The Hall–Kier alpha value is -2.02. The predicted molar refractivity (Wildman–Crippen MR) is 75.7 cm³/mol. The van der Waals surface area contributed by atoms with Gasteiger partial charge in [0.2, 0.25) is 5.69 Å². The number of carbonyl (C=O) groups is 1. The maximum Gasteiger partial charge on any atom is 0.518 e. The number of nitrogens with one attached hydrogen (secondary N) is 2. The van der Waals surface area contributed by atoms with Crippen LogP contribution in [0.15, 0.2) is 42.6 Å². The number of primary amides is 1. The summed E-state index contributed by atoms with van der Waals surface area (Å²) in [5.74, 6) is 0.679. The number of para-hydroxylation sites is 1. The van der Waals surface area contributed by atoms with Gasteiger partial charge in [0.05, 0.1) is 12.3 Å². The van der Waals surface area contributed by atoms with Crippen LogP contribution in [0.4, 0.5) is 27.7 Å². The summed E-state index contributed by atoms with van der Waals surface area (Å²) in [5.41, 5.74) is 7.84. The van der Waals surface area contributed by atoms with E-state index in [2.05, 4.69) is 10.3 Å². The van der Waals surface area contributed by atoms with Gasteiger partial charge in [-0.2, -0.15) is 4.79 Å². The molecule has 2 aromatic rings. The van der Waals surface area contributed by atoms with E-state index in [0.717, 1.165) is 5.69 Å². The number of anilines is 3. The fourth-order valence-electron chi connectivity index (χ4n) is 1.73. The number of rotatable bonds is 4. The van der Waals surface area contributed by atoms with Crippen LogP contribution in [0.2, 0.25) is 0 Å². The molecule has 0 atom stereocenters. The Kier molecular flexibility index (Phi) is 8.93. The number of amides is 1. The first-order valence-electron chi connectivity index (χ1n) is 6.34. The molecule has 0 bridgehead atoms. The lowest BCUT2D eigenvalue weighted by Crippen LogP contribution is -3.00. The van der Waals surface area contributed by atoms with Crippen molar-refractivity contribution in [2.75, 3.05) is 17.7 Å². The Morgan fingerprint density at radius 1 is 1.32 bits per heavy atom. The molecule has 0 fully saturated rings. The number of carbonyl (C=O) groups excluding carboxylic acids is 1. The van der Waals surface area contributed by atoms with E-state index >= 15 is 0 Å². The van der Waals surface area contributed by atoms with Crippen LogP contribution in [-0.2, 0) is 4.74 Å². The SMILES string of the molecule is CCOC(=O)[NH2+]c1cc(N)c[nH+]c1Nc1ccccc1.[Cl-].[Cl-]. The zero-order valence-electron chi connectivity index (χ0n) is 12.0. The average molecular weight is 345 g/mol. The first-order valence-corrected chi connectivity index (χ1v) is 6.34. The van der Waals surface area contributed by atoms with Crippen molar-refractivity contribution in [1.29, 1.82) is 0 Å². The number of hydrogen-bond donors (Lipinski definition) is 3. The van der Waals surface area contributed by atoms with E-state index in [9.17, 15) is 4.79 Å². The molecule has 0 aliphatic rings. The Bertz CT molecular complexity index is 597. The average Bonchev–Trinajstić information content (AvgIpc) is 2.43. The molecule has 2 rings (SSSR count). The number of ether oxygens (including phenoxy) is 1. The van der Waals surface area contributed by atoms with Gasteiger partial charge in [-0.25, -0.2) is 15.6 Å². The molecule has 0 aliphatic heterocycles. The molecule has 6 N–H and O–H groups in total. The molecular formula is C14H18Cl2N4O2. The van der Waals surface area contributed by atoms with Gasteiger partial charge in [0, 0.05) is 6.07 Å². The number of aromatic nitrogens is 1. The van der Waals surface area contributed by atoms with Gasteiger partial charge in [0.15, 0.2) is 0 Å². The Balaban J connectivity index is 0.00000220. The number of halogens is 2. The van der Waals surface area contributed by atoms with Crippen LogP contribution in [0.5, 0.6) is 0 Å². The van der Waals surface area contributed by atoms with Crippen LogP contribution in [-0.4, -0.2) is 12.7 Å². The predicted octanol–water partition coefficient (Wildman–Crippen LogP) is -4.81. The van der Waals surface area contributed by atoms with E-state index in [1.165, 1.54) is 5.32 Å². The van der Waals surface area contributed by atoms with Crippen LogP contribution >= 0.6 is 0 Å². The van der Waals surface area contributed by atoms with E-state index in [1.807, 2.05) is 30.3 Å². The molecule has 1 amide bonds. The smallest absolute Gasteiger partial charge is 0.518 e. The molecule has 22 heavy (non-hydrogen) atoms. The van der Waals surface area contributed by atoms with Gasteiger partial charge < -0.3 is 35.3 Å². The van der Waals surface area contributed by atoms with Gasteiger partial charge in [-0.1, -0.05) is 18.2 Å². The number of benzene rings is 1. The number of nitrogen functional groups attached to an aromatic ring is 1. The van der Waals surface area contributed by atoms with Gasteiger partial charge >= 0.3 is 11.9 Å². The van der Waals surface area contributed by atoms with Crippen molar-refractivity contribution in [2.45, 2.75) is 6.92 Å². The lowest BCUT2D eigenvalue weighted by atomic mass is 10.3. The molecule has 1 aromatic heterocycles. The second kappa shape index (κ2) is 9.83. The van der Waals surface area contributed by atoms with Crippen LogP contribution in [0.3, 0.4) is 0 Å². The summed E-state index contributed by atoms with van der Waals surface area (Å²) in [5, 5.41) is 4.60. The van der Waals surface area contributed by atoms with Gasteiger partial charge in [0.1, 0.15) is 11.9 Å². The summed E-state index contributed by atoms with van der Waals surface area (Å²) in [6.45, 7) is 2.10. The minimum absolute atomic E-state index is 0. The molecule has 120 valence electrons. The highest BCUT2D eigenvalue weighted by molar-refractivity contribution is 5.68. The summed E-state index contributed by atoms with van der Waals surface area (Å²) in [7, 11) is 0. The van der Waals surface area contributed by atoms with Crippen molar-refractivity contribution >= 4 is 29.0 Å². The van der Waals surface area contributed by atoms with E-state index < -0.39 is 6.09 Å². The Morgan fingerprint density at radius 3 is 2.64 bits per heavy atom. The third-order valence-corrected chi connectivity index (χ3v) is 2.60. The van der Waals surface area contributed by atoms with Crippen LogP contribution < -0.4 is 46.2 Å². The molecule has 0 saturated heterocycles. The maximum absolute atomic E-state index is 11.6. The largest absolute Gasteiger partial charge is 1.00 e. The summed E-state index contributed by atoms with van der Waals surface area (Å²) >= 11 is 0. The van der Waals surface area contributed by atoms with Gasteiger partial charge in [-0.05, 0) is 19.1 Å². The van der Waals surface area contributed by atoms with E-state index in [1.54, 1.807) is 19.2 Å². The monoisotopic (exact) mass is 344 g/mol. The first-order chi connectivity index (χ1) is 9.69. The summed E-state index contributed by atoms with van der Waals surface area (Å²) in [6.07, 6.45) is 1.26. The fraction of sp³-hybridized carbons (Fsp3) is 0.143. The minimum Gasteiger partial charge on any atom is -1.00 e. The highest BCUT2D eigenvalue weighted by atomic mass is 35.5.